The lowest BCUT2D eigenvalue weighted by Gasteiger charge is -2.30. The summed E-state index contributed by atoms with van der Waals surface area (Å²) in [5.41, 5.74) is 0.814. The smallest absolute Gasteiger partial charge is 0.239 e. The summed E-state index contributed by atoms with van der Waals surface area (Å²) in [6.45, 7) is 5.96. The molecule has 2 atom stereocenters. The van der Waals surface area contributed by atoms with Crippen molar-refractivity contribution in [3.8, 4) is 0 Å². The zero-order chi connectivity index (χ0) is 17.2. The topological polar surface area (TPSA) is 66.5 Å². The van der Waals surface area contributed by atoms with Crippen LogP contribution in [0.15, 0.2) is 24.3 Å². The minimum atomic E-state index is -3.34. The fourth-order valence-corrected chi connectivity index (χ4v) is 5.06. The molecule has 1 aliphatic rings. The Labute approximate surface area is 143 Å². The van der Waals surface area contributed by atoms with Gasteiger partial charge >= 0.3 is 0 Å². The van der Waals surface area contributed by atoms with Gasteiger partial charge in [-0.15, -0.1) is 0 Å². The van der Waals surface area contributed by atoms with Gasteiger partial charge in [-0.2, -0.15) is 4.31 Å². The fraction of sp³-hybridized carbons (Fsp3) is 0.562. The van der Waals surface area contributed by atoms with Gasteiger partial charge in [0.1, 0.15) is 6.04 Å². The van der Waals surface area contributed by atoms with Crippen LogP contribution in [0.1, 0.15) is 38.8 Å². The first kappa shape index (κ1) is 18.2. The third kappa shape index (κ3) is 4.05. The molecular weight excluding hydrogens is 336 g/mol. The van der Waals surface area contributed by atoms with Gasteiger partial charge in [0.2, 0.25) is 15.9 Å². The molecule has 1 aliphatic heterocycles. The number of carbonyl (C=O) groups is 1. The van der Waals surface area contributed by atoms with Crippen molar-refractivity contribution >= 4 is 27.5 Å². The zero-order valence-corrected chi connectivity index (χ0v) is 15.2. The molecule has 5 nitrogen and oxygen atoms in total. The fourth-order valence-electron chi connectivity index (χ4n) is 2.94. The molecule has 0 unspecified atom stereocenters. The molecule has 1 aromatic carbocycles. The third-order valence-corrected chi connectivity index (χ3v) is 6.35. The standard InChI is InChI=1S/C16H23ClN2O3S/c1-11(2)15(19-9-6-10-23(19,21)22)16(20)18-12(3)13-7-4-5-8-14(13)17/h4-5,7-8,11-12,15H,6,9-10H2,1-3H3,(H,18,20)/t12-,15-/m0/s1. The van der Waals surface area contributed by atoms with Crippen LogP contribution in [0, 0.1) is 5.92 Å². The van der Waals surface area contributed by atoms with Crippen molar-refractivity contribution in [1.29, 1.82) is 0 Å². The number of nitrogens with zero attached hydrogens (tertiary/aromatic N) is 1. The molecule has 2 rings (SSSR count). The minimum absolute atomic E-state index is 0.110. The highest BCUT2D eigenvalue weighted by molar-refractivity contribution is 7.89. The minimum Gasteiger partial charge on any atom is -0.348 e. The highest BCUT2D eigenvalue weighted by atomic mass is 35.5. The van der Waals surface area contributed by atoms with E-state index in [2.05, 4.69) is 5.32 Å². The second-order valence-corrected chi connectivity index (χ2v) is 8.67. The Hall–Kier alpha value is -1.11. The average molecular weight is 359 g/mol. The first-order chi connectivity index (χ1) is 10.7. The van der Waals surface area contributed by atoms with E-state index in [1.807, 2.05) is 39.0 Å². The van der Waals surface area contributed by atoms with E-state index in [0.717, 1.165) is 5.56 Å². The van der Waals surface area contributed by atoms with E-state index >= 15 is 0 Å². The summed E-state index contributed by atoms with van der Waals surface area (Å²) < 4.78 is 25.6. The maximum Gasteiger partial charge on any atom is 0.239 e. The van der Waals surface area contributed by atoms with E-state index < -0.39 is 16.1 Å². The van der Waals surface area contributed by atoms with E-state index in [9.17, 15) is 13.2 Å². The van der Waals surface area contributed by atoms with Crippen LogP contribution in [-0.2, 0) is 14.8 Å². The second-order valence-electron chi connectivity index (χ2n) is 6.22. The summed E-state index contributed by atoms with van der Waals surface area (Å²) in [6, 6.07) is 6.33. The summed E-state index contributed by atoms with van der Waals surface area (Å²) in [7, 11) is -3.34. The van der Waals surface area contributed by atoms with E-state index in [0.29, 0.717) is 18.0 Å². The van der Waals surface area contributed by atoms with Crippen LogP contribution < -0.4 is 5.32 Å². The first-order valence-corrected chi connectivity index (χ1v) is 9.77. The lowest BCUT2D eigenvalue weighted by Crippen LogP contribution is -2.50. The normalized spacial score (nSPS) is 20.4. The van der Waals surface area contributed by atoms with Crippen LogP contribution in [-0.4, -0.2) is 37.0 Å². The van der Waals surface area contributed by atoms with Gasteiger partial charge in [0.05, 0.1) is 11.8 Å². The molecule has 1 heterocycles. The molecule has 1 saturated heterocycles. The van der Waals surface area contributed by atoms with Gasteiger partial charge in [-0.25, -0.2) is 8.42 Å². The van der Waals surface area contributed by atoms with Crippen LogP contribution in [0.2, 0.25) is 5.02 Å². The molecular formula is C16H23ClN2O3S. The molecule has 128 valence electrons. The first-order valence-electron chi connectivity index (χ1n) is 7.78. The van der Waals surface area contributed by atoms with Gasteiger partial charge in [-0.3, -0.25) is 4.79 Å². The van der Waals surface area contributed by atoms with Gasteiger partial charge in [0.15, 0.2) is 0 Å². The molecule has 1 aromatic rings. The quantitative estimate of drug-likeness (QED) is 0.879. The Morgan fingerprint density at radius 2 is 1.91 bits per heavy atom. The Morgan fingerprint density at radius 1 is 1.26 bits per heavy atom. The van der Waals surface area contributed by atoms with Crippen LogP contribution >= 0.6 is 11.6 Å². The molecule has 1 N–H and O–H groups in total. The summed E-state index contributed by atoms with van der Waals surface area (Å²) in [5, 5.41) is 3.48. The second kappa shape index (κ2) is 7.20. The van der Waals surface area contributed by atoms with E-state index in [1.54, 1.807) is 6.07 Å². The Kier molecular flexibility index (Phi) is 5.70. The summed E-state index contributed by atoms with van der Waals surface area (Å²) in [5.74, 6) is -0.275. The van der Waals surface area contributed by atoms with Crippen molar-refractivity contribution in [2.75, 3.05) is 12.3 Å². The summed E-state index contributed by atoms with van der Waals surface area (Å²) >= 11 is 6.16. The number of rotatable bonds is 5. The Balaban J connectivity index is 2.18. The van der Waals surface area contributed by atoms with Gasteiger partial charge in [0.25, 0.3) is 0 Å². The maximum atomic E-state index is 12.7. The molecule has 0 spiro atoms. The van der Waals surface area contributed by atoms with E-state index in [4.69, 9.17) is 11.6 Å². The molecule has 0 saturated carbocycles. The predicted octanol–water partition coefficient (Wildman–Crippen LogP) is 2.58. The van der Waals surface area contributed by atoms with Gasteiger partial charge in [-0.05, 0) is 30.9 Å². The largest absolute Gasteiger partial charge is 0.348 e. The summed E-state index contributed by atoms with van der Waals surface area (Å²) in [6.07, 6.45) is 0.568. The monoisotopic (exact) mass is 358 g/mol. The number of nitrogens with one attached hydrogen (secondary N) is 1. The predicted molar refractivity (Wildman–Crippen MR) is 91.7 cm³/mol. The molecule has 23 heavy (non-hydrogen) atoms. The van der Waals surface area contributed by atoms with Crippen molar-refractivity contribution in [3.63, 3.8) is 0 Å². The highest BCUT2D eigenvalue weighted by Gasteiger charge is 2.40. The lowest BCUT2D eigenvalue weighted by atomic mass is 10.0. The van der Waals surface area contributed by atoms with Gasteiger partial charge in [0, 0.05) is 11.6 Å². The summed E-state index contributed by atoms with van der Waals surface area (Å²) in [4.78, 5) is 12.7. The Morgan fingerprint density at radius 3 is 2.43 bits per heavy atom. The maximum absolute atomic E-state index is 12.7. The van der Waals surface area contributed by atoms with Crippen LogP contribution in [0.4, 0.5) is 0 Å². The molecule has 1 amide bonds. The SMILES string of the molecule is CC(C)[C@@H](C(=O)N[C@@H](C)c1ccccc1Cl)N1CCCS1(=O)=O. The molecule has 0 bridgehead atoms. The van der Waals surface area contributed by atoms with Crippen LogP contribution in [0.25, 0.3) is 0 Å². The highest BCUT2D eigenvalue weighted by Crippen LogP contribution is 2.25. The molecule has 7 heteroatoms. The molecule has 0 aliphatic carbocycles. The molecule has 0 aromatic heterocycles. The zero-order valence-electron chi connectivity index (χ0n) is 13.6. The average Bonchev–Trinajstić information content (AvgIpc) is 2.78. The number of sulfonamides is 1. The third-order valence-electron chi connectivity index (χ3n) is 4.08. The van der Waals surface area contributed by atoms with Crippen molar-refractivity contribution in [2.24, 2.45) is 5.92 Å². The van der Waals surface area contributed by atoms with Gasteiger partial charge in [-0.1, -0.05) is 43.6 Å². The van der Waals surface area contributed by atoms with Crippen molar-refractivity contribution in [3.05, 3.63) is 34.9 Å². The Bertz CT molecular complexity index is 676. The van der Waals surface area contributed by atoms with Crippen LogP contribution in [0.3, 0.4) is 0 Å². The number of amides is 1. The number of halogens is 1. The number of hydrogen-bond acceptors (Lipinski definition) is 3. The molecule has 0 radical (unpaired) electrons. The van der Waals surface area contributed by atoms with Crippen molar-refractivity contribution in [2.45, 2.75) is 39.3 Å². The van der Waals surface area contributed by atoms with E-state index in [1.165, 1.54) is 4.31 Å². The number of carbonyl (C=O) groups excluding carboxylic acids is 1. The number of hydrogen-bond donors (Lipinski definition) is 1. The number of benzene rings is 1. The van der Waals surface area contributed by atoms with E-state index in [-0.39, 0.29) is 23.6 Å². The van der Waals surface area contributed by atoms with Crippen LogP contribution in [0.5, 0.6) is 0 Å². The lowest BCUT2D eigenvalue weighted by molar-refractivity contribution is -0.126. The van der Waals surface area contributed by atoms with Gasteiger partial charge < -0.3 is 5.32 Å². The van der Waals surface area contributed by atoms with Crippen molar-refractivity contribution < 1.29 is 13.2 Å². The molecule has 1 fully saturated rings. The van der Waals surface area contributed by atoms with Crippen molar-refractivity contribution in [1.82, 2.24) is 9.62 Å².